The molecular weight excluding hydrogens is 371 g/mol. The van der Waals surface area contributed by atoms with Crippen LogP contribution in [0.1, 0.15) is 30.3 Å². The van der Waals surface area contributed by atoms with E-state index in [0.717, 1.165) is 30.2 Å². The lowest BCUT2D eigenvalue weighted by Crippen LogP contribution is -2.47. The van der Waals surface area contributed by atoms with E-state index < -0.39 is 11.9 Å². The van der Waals surface area contributed by atoms with E-state index in [1.54, 1.807) is 23.1 Å². The Bertz CT molecular complexity index is 1000. The number of hydrogen-bond acceptors (Lipinski definition) is 6. The summed E-state index contributed by atoms with van der Waals surface area (Å²) in [7, 11) is 0. The van der Waals surface area contributed by atoms with Gasteiger partial charge in [-0.15, -0.1) is 0 Å². The van der Waals surface area contributed by atoms with Crippen molar-refractivity contribution in [3.8, 4) is 0 Å². The van der Waals surface area contributed by atoms with Crippen LogP contribution in [0.4, 0.5) is 24.8 Å². The van der Waals surface area contributed by atoms with E-state index in [2.05, 4.69) is 25.0 Å². The molecule has 0 spiro atoms. The fourth-order valence-electron chi connectivity index (χ4n) is 3.52. The van der Waals surface area contributed by atoms with E-state index in [1.807, 2.05) is 11.0 Å². The second kappa shape index (κ2) is 6.32. The molecule has 0 radical (unpaired) electrons. The van der Waals surface area contributed by atoms with Crippen molar-refractivity contribution in [3.63, 3.8) is 0 Å². The summed E-state index contributed by atoms with van der Waals surface area (Å²) in [6, 6.07) is 2.97. The Morgan fingerprint density at radius 1 is 0.964 bits per heavy atom. The Labute approximate surface area is 158 Å². The lowest BCUT2D eigenvalue weighted by atomic mass is 10.2. The topological polar surface area (TPSA) is 62.5 Å². The summed E-state index contributed by atoms with van der Waals surface area (Å²) < 4.78 is 41.6. The largest absolute Gasteiger partial charge is 0.433 e. The number of piperazine rings is 1. The summed E-state index contributed by atoms with van der Waals surface area (Å²) in [6.07, 6.45) is 2.45. The average molecular weight is 389 g/mol. The second-order valence-electron chi connectivity index (χ2n) is 7.13. The van der Waals surface area contributed by atoms with Gasteiger partial charge in [-0.05, 0) is 18.9 Å². The van der Waals surface area contributed by atoms with Crippen molar-refractivity contribution in [1.29, 1.82) is 0 Å². The summed E-state index contributed by atoms with van der Waals surface area (Å²) in [4.78, 5) is 16.7. The summed E-state index contributed by atoms with van der Waals surface area (Å²) in [5.41, 5.74) is 0.0564. The van der Waals surface area contributed by atoms with Crippen LogP contribution in [0.2, 0.25) is 0 Å². The third kappa shape index (κ3) is 3.12. The lowest BCUT2D eigenvalue weighted by molar-refractivity contribution is -0.141. The number of rotatable bonds is 3. The number of anilines is 2. The number of aromatic nitrogens is 5. The molecule has 0 aromatic carbocycles. The van der Waals surface area contributed by atoms with Crippen molar-refractivity contribution >= 4 is 17.2 Å². The van der Waals surface area contributed by atoms with E-state index >= 15 is 0 Å². The Kier molecular flexibility index (Phi) is 3.88. The predicted molar refractivity (Wildman–Crippen MR) is 96.4 cm³/mol. The third-order valence-corrected chi connectivity index (χ3v) is 5.17. The van der Waals surface area contributed by atoms with Crippen molar-refractivity contribution in [1.82, 2.24) is 24.6 Å². The molecule has 146 valence electrons. The van der Waals surface area contributed by atoms with Crippen molar-refractivity contribution in [2.45, 2.75) is 24.9 Å². The van der Waals surface area contributed by atoms with Gasteiger partial charge in [-0.1, -0.05) is 0 Å². The summed E-state index contributed by atoms with van der Waals surface area (Å²) in [5, 5.41) is 4.22. The van der Waals surface area contributed by atoms with Crippen molar-refractivity contribution in [2.75, 3.05) is 36.0 Å². The quantitative estimate of drug-likeness (QED) is 0.687. The second-order valence-corrected chi connectivity index (χ2v) is 7.13. The van der Waals surface area contributed by atoms with Crippen LogP contribution < -0.4 is 9.80 Å². The molecule has 2 aliphatic rings. The summed E-state index contributed by atoms with van der Waals surface area (Å²) >= 11 is 0. The molecule has 1 saturated heterocycles. The van der Waals surface area contributed by atoms with Crippen LogP contribution >= 0.6 is 0 Å². The molecule has 5 rings (SSSR count). The molecule has 0 bridgehead atoms. The van der Waals surface area contributed by atoms with Gasteiger partial charge < -0.3 is 9.80 Å². The van der Waals surface area contributed by atoms with Crippen LogP contribution in [0, 0.1) is 0 Å². The monoisotopic (exact) mass is 389 g/mol. The zero-order valence-electron chi connectivity index (χ0n) is 15.0. The van der Waals surface area contributed by atoms with Crippen LogP contribution in [0.3, 0.4) is 0 Å². The number of halogens is 3. The third-order valence-electron chi connectivity index (χ3n) is 5.17. The number of alkyl halides is 3. The molecule has 4 heterocycles. The first kappa shape index (κ1) is 17.2. The van der Waals surface area contributed by atoms with Crippen molar-refractivity contribution in [3.05, 3.63) is 42.2 Å². The summed E-state index contributed by atoms with van der Waals surface area (Å²) in [6.45, 7) is 2.41. The van der Waals surface area contributed by atoms with Crippen LogP contribution in [-0.4, -0.2) is 50.7 Å². The van der Waals surface area contributed by atoms with E-state index in [4.69, 9.17) is 0 Å². The highest BCUT2D eigenvalue weighted by Crippen LogP contribution is 2.40. The van der Waals surface area contributed by atoms with Gasteiger partial charge in [0.15, 0.2) is 5.82 Å². The molecule has 28 heavy (non-hydrogen) atoms. The molecule has 0 atom stereocenters. The van der Waals surface area contributed by atoms with Crippen LogP contribution in [0.5, 0.6) is 0 Å². The van der Waals surface area contributed by atoms with Gasteiger partial charge in [0.25, 0.3) is 0 Å². The smallest absolute Gasteiger partial charge is 0.353 e. The summed E-state index contributed by atoms with van der Waals surface area (Å²) in [5.74, 6) is 1.57. The van der Waals surface area contributed by atoms with Gasteiger partial charge >= 0.3 is 6.18 Å². The molecule has 1 saturated carbocycles. The molecule has 0 unspecified atom stereocenters. The maximum Gasteiger partial charge on any atom is 0.433 e. The first-order chi connectivity index (χ1) is 13.5. The highest BCUT2D eigenvalue weighted by atomic mass is 19.4. The van der Waals surface area contributed by atoms with E-state index in [0.29, 0.717) is 37.8 Å². The Morgan fingerprint density at radius 3 is 2.43 bits per heavy atom. The van der Waals surface area contributed by atoms with Gasteiger partial charge in [-0.25, -0.2) is 19.5 Å². The fourth-order valence-corrected chi connectivity index (χ4v) is 3.52. The van der Waals surface area contributed by atoms with Crippen LogP contribution in [0.15, 0.2) is 30.7 Å². The van der Waals surface area contributed by atoms with Gasteiger partial charge in [-0.3, -0.25) is 0 Å². The van der Waals surface area contributed by atoms with Crippen molar-refractivity contribution in [2.24, 2.45) is 0 Å². The fraction of sp³-hybridized carbons (Fsp3) is 0.444. The average Bonchev–Trinajstić information content (AvgIpc) is 3.44. The number of fused-ring (bicyclic) bond motifs is 1. The van der Waals surface area contributed by atoms with E-state index in [9.17, 15) is 13.2 Å². The van der Waals surface area contributed by atoms with Gasteiger partial charge in [-0.2, -0.15) is 18.3 Å². The van der Waals surface area contributed by atoms with Gasteiger partial charge in [0.2, 0.25) is 0 Å². The molecule has 1 aliphatic heterocycles. The van der Waals surface area contributed by atoms with Crippen LogP contribution in [0.25, 0.3) is 5.52 Å². The zero-order valence-corrected chi connectivity index (χ0v) is 15.0. The maximum atomic E-state index is 13.3. The molecule has 1 aliphatic carbocycles. The minimum atomic E-state index is -4.47. The minimum absolute atomic E-state index is 0.0611. The molecule has 10 heteroatoms. The van der Waals surface area contributed by atoms with E-state index in [-0.39, 0.29) is 5.92 Å². The molecule has 0 N–H and O–H groups in total. The van der Waals surface area contributed by atoms with Crippen LogP contribution in [-0.2, 0) is 6.18 Å². The van der Waals surface area contributed by atoms with Gasteiger partial charge in [0.1, 0.15) is 22.9 Å². The highest BCUT2D eigenvalue weighted by Gasteiger charge is 2.37. The Morgan fingerprint density at radius 2 is 1.71 bits per heavy atom. The molecule has 0 amide bonds. The SMILES string of the molecule is FC(F)(F)c1cc(N2CCN(c3nccn4nccc34)CC2)nc(C2CC2)n1. The Balaban J connectivity index is 1.38. The van der Waals surface area contributed by atoms with Gasteiger partial charge in [0.05, 0.1) is 6.20 Å². The predicted octanol–water partition coefficient (Wildman–Crippen LogP) is 2.74. The normalized spacial score (nSPS) is 18.1. The number of nitrogens with zero attached hydrogens (tertiary/aromatic N) is 7. The highest BCUT2D eigenvalue weighted by molar-refractivity contribution is 5.68. The first-order valence-electron chi connectivity index (χ1n) is 9.23. The standard InChI is InChI=1S/C18H18F3N7/c19-18(20,21)14-11-15(25-16(24-14)12-1-2-12)26-7-9-27(10-8-26)17-13-3-4-23-28(13)6-5-22-17/h3-6,11-12H,1-2,7-10H2. The van der Waals surface area contributed by atoms with Gasteiger partial charge in [0, 0.05) is 50.6 Å². The zero-order chi connectivity index (χ0) is 19.3. The first-order valence-corrected chi connectivity index (χ1v) is 9.23. The lowest BCUT2D eigenvalue weighted by Gasteiger charge is -2.36. The van der Waals surface area contributed by atoms with E-state index in [1.165, 1.54) is 0 Å². The van der Waals surface area contributed by atoms with Crippen molar-refractivity contribution < 1.29 is 13.2 Å². The number of hydrogen-bond donors (Lipinski definition) is 0. The molecule has 3 aromatic rings. The molecule has 2 fully saturated rings. The maximum absolute atomic E-state index is 13.3. The molecule has 7 nitrogen and oxygen atoms in total. The molecular formula is C18H18F3N7. The Hall–Kier alpha value is -2.91. The molecule has 3 aromatic heterocycles. The minimum Gasteiger partial charge on any atom is -0.353 e.